The van der Waals surface area contributed by atoms with E-state index in [1.807, 2.05) is 0 Å². The zero-order valence-electron chi connectivity index (χ0n) is 17.1. The van der Waals surface area contributed by atoms with E-state index in [0.29, 0.717) is 12.1 Å². The predicted octanol–water partition coefficient (Wildman–Crippen LogP) is 2.48. The van der Waals surface area contributed by atoms with Crippen LogP contribution in [-0.4, -0.2) is 47.9 Å². The van der Waals surface area contributed by atoms with Crippen molar-refractivity contribution in [2.75, 3.05) is 36.5 Å². The number of nitrogens with zero attached hydrogens (tertiary/aromatic N) is 3. The maximum absolute atomic E-state index is 12.8. The largest absolute Gasteiger partial charge is 0.482 e. The Hall–Kier alpha value is -4.43. The Labute approximate surface area is 188 Å². The van der Waals surface area contributed by atoms with Gasteiger partial charge < -0.3 is 15.4 Å². The number of nitro groups is 2. The minimum atomic E-state index is -4.74. The molecule has 12 nitrogen and oxygen atoms in total. The van der Waals surface area contributed by atoms with E-state index in [-0.39, 0.29) is 42.5 Å². The van der Waals surface area contributed by atoms with E-state index >= 15 is 0 Å². The standard InChI is InChI=1S/C19H16F3N5O7/c20-19(21,22)11-1-3-13(14(7-11)27(32)33)23-5-6-24-17(28)9-25-15-8-12(26(30)31)2-4-16(15)34-10-18(25)29/h1-4,7-8,23H,5-6,9-10H2,(H,24,28). The molecule has 3 rings (SSSR count). The third-order valence-electron chi connectivity index (χ3n) is 4.68. The van der Waals surface area contributed by atoms with Crippen LogP contribution < -0.4 is 20.3 Å². The van der Waals surface area contributed by atoms with Gasteiger partial charge in [-0.05, 0) is 18.2 Å². The minimum absolute atomic E-state index is 0.0547. The quantitative estimate of drug-likeness (QED) is 0.329. The first kappa shape index (κ1) is 24.2. The molecule has 0 saturated heterocycles. The third-order valence-corrected chi connectivity index (χ3v) is 4.68. The number of non-ortho nitro benzene ring substituents is 1. The van der Waals surface area contributed by atoms with Crippen molar-refractivity contribution in [2.45, 2.75) is 6.18 Å². The summed E-state index contributed by atoms with van der Waals surface area (Å²) in [7, 11) is 0. The van der Waals surface area contributed by atoms with Gasteiger partial charge >= 0.3 is 6.18 Å². The average Bonchev–Trinajstić information content (AvgIpc) is 2.77. The van der Waals surface area contributed by atoms with Crippen molar-refractivity contribution in [2.24, 2.45) is 0 Å². The number of rotatable bonds is 8. The highest BCUT2D eigenvalue weighted by Crippen LogP contribution is 2.36. The first-order chi connectivity index (χ1) is 16.0. The Bertz CT molecular complexity index is 1160. The lowest BCUT2D eigenvalue weighted by Crippen LogP contribution is -2.45. The lowest BCUT2D eigenvalue weighted by Gasteiger charge is -2.28. The van der Waals surface area contributed by atoms with E-state index in [2.05, 4.69) is 10.6 Å². The molecule has 2 aromatic carbocycles. The van der Waals surface area contributed by atoms with Crippen molar-refractivity contribution >= 4 is 34.6 Å². The number of ether oxygens (including phenoxy) is 1. The van der Waals surface area contributed by atoms with Crippen LogP contribution in [0.5, 0.6) is 5.75 Å². The van der Waals surface area contributed by atoms with Gasteiger partial charge in [-0.15, -0.1) is 0 Å². The highest BCUT2D eigenvalue weighted by molar-refractivity contribution is 6.02. The molecule has 0 saturated carbocycles. The molecule has 0 unspecified atom stereocenters. The second-order valence-electron chi connectivity index (χ2n) is 6.94. The van der Waals surface area contributed by atoms with Crippen LogP contribution in [0.15, 0.2) is 36.4 Å². The fraction of sp³-hybridized carbons (Fsp3) is 0.263. The molecule has 2 aromatic rings. The summed E-state index contributed by atoms with van der Waals surface area (Å²) in [4.78, 5) is 46.0. The molecular formula is C19H16F3N5O7. The molecule has 0 bridgehead atoms. The summed E-state index contributed by atoms with van der Waals surface area (Å²) in [6.45, 7) is -0.998. The minimum Gasteiger partial charge on any atom is -0.482 e. The van der Waals surface area contributed by atoms with E-state index in [1.54, 1.807) is 0 Å². The van der Waals surface area contributed by atoms with Gasteiger partial charge in [-0.1, -0.05) is 0 Å². The smallest absolute Gasteiger partial charge is 0.416 e. The number of nitro benzene ring substituents is 2. The molecular weight excluding hydrogens is 467 g/mol. The highest BCUT2D eigenvalue weighted by Gasteiger charge is 2.33. The molecule has 0 spiro atoms. The summed E-state index contributed by atoms with van der Waals surface area (Å²) in [5.74, 6) is -1.05. The zero-order chi connectivity index (χ0) is 25.0. The second kappa shape index (κ2) is 9.60. The number of amides is 2. The van der Waals surface area contributed by atoms with Gasteiger partial charge in [0.1, 0.15) is 18.0 Å². The molecule has 15 heteroatoms. The maximum atomic E-state index is 12.8. The van der Waals surface area contributed by atoms with Crippen molar-refractivity contribution in [3.8, 4) is 5.75 Å². The second-order valence-corrected chi connectivity index (χ2v) is 6.94. The predicted molar refractivity (Wildman–Crippen MR) is 111 cm³/mol. The van der Waals surface area contributed by atoms with E-state index in [0.717, 1.165) is 17.0 Å². The summed E-state index contributed by atoms with van der Waals surface area (Å²) in [5, 5.41) is 27.1. The fourth-order valence-electron chi connectivity index (χ4n) is 3.08. The number of halogens is 3. The van der Waals surface area contributed by atoms with Gasteiger partial charge in [0.25, 0.3) is 17.3 Å². The van der Waals surface area contributed by atoms with Crippen molar-refractivity contribution in [3.63, 3.8) is 0 Å². The average molecular weight is 483 g/mol. The van der Waals surface area contributed by atoms with Gasteiger partial charge in [-0.3, -0.25) is 34.7 Å². The number of hydrogen-bond donors (Lipinski definition) is 2. The molecule has 1 aliphatic rings. The van der Waals surface area contributed by atoms with Gasteiger partial charge in [0.2, 0.25) is 5.91 Å². The highest BCUT2D eigenvalue weighted by atomic mass is 19.4. The lowest BCUT2D eigenvalue weighted by atomic mass is 10.1. The van der Waals surface area contributed by atoms with E-state index < -0.39 is 45.6 Å². The number of anilines is 2. The summed E-state index contributed by atoms with van der Waals surface area (Å²) < 4.78 is 43.5. The molecule has 0 radical (unpaired) electrons. The monoisotopic (exact) mass is 483 g/mol. The fourth-order valence-corrected chi connectivity index (χ4v) is 3.08. The molecule has 34 heavy (non-hydrogen) atoms. The normalized spacial score (nSPS) is 13.0. The van der Waals surface area contributed by atoms with E-state index in [9.17, 15) is 43.0 Å². The van der Waals surface area contributed by atoms with Gasteiger partial charge in [0.15, 0.2) is 6.61 Å². The molecule has 180 valence electrons. The molecule has 0 fully saturated rings. The van der Waals surface area contributed by atoms with Crippen LogP contribution >= 0.6 is 0 Å². The van der Waals surface area contributed by atoms with Crippen molar-refractivity contribution in [1.82, 2.24) is 5.32 Å². The number of fused-ring (bicyclic) bond motifs is 1. The molecule has 1 heterocycles. The van der Waals surface area contributed by atoms with Crippen molar-refractivity contribution in [1.29, 1.82) is 0 Å². The molecule has 2 amide bonds. The third kappa shape index (κ3) is 5.48. The summed E-state index contributed by atoms with van der Waals surface area (Å²) in [6.07, 6.45) is -4.74. The Balaban J connectivity index is 1.60. The SMILES string of the molecule is O=C(CN1C(=O)COc2ccc([N+](=O)[O-])cc21)NCCNc1ccc(C(F)(F)F)cc1[N+](=O)[O-]. The van der Waals surface area contributed by atoms with Crippen LogP contribution in [0.4, 0.5) is 35.9 Å². The molecule has 0 aromatic heterocycles. The summed E-state index contributed by atoms with van der Waals surface area (Å²) in [5.41, 5.74) is -2.37. The zero-order valence-corrected chi connectivity index (χ0v) is 17.1. The van der Waals surface area contributed by atoms with Crippen LogP contribution in [0.25, 0.3) is 0 Å². The van der Waals surface area contributed by atoms with Crippen molar-refractivity contribution < 1.29 is 37.3 Å². The van der Waals surface area contributed by atoms with Gasteiger partial charge in [0.05, 0.1) is 21.1 Å². The van der Waals surface area contributed by atoms with E-state index in [1.165, 1.54) is 12.1 Å². The number of carbonyl (C=O) groups is 2. The summed E-state index contributed by atoms with van der Waals surface area (Å²) in [6, 6.07) is 5.62. The Morgan fingerprint density at radius 3 is 2.47 bits per heavy atom. The first-order valence-electron chi connectivity index (χ1n) is 9.55. The van der Waals surface area contributed by atoms with Crippen LogP contribution in [0, 0.1) is 20.2 Å². The van der Waals surface area contributed by atoms with Gasteiger partial charge in [-0.25, -0.2) is 0 Å². The first-order valence-corrected chi connectivity index (χ1v) is 9.55. The number of benzene rings is 2. The lowest BCUT2D eigenvalue weighted by molar-refractivity contribution is -0.384. The number of nitrogens with one attached hydrogen (secondary N) is 2. The Morgan fingerprint density at radius 1 is 1.09 bits per heavy atom. The van der Waals surface area contributed by atoms with E-state index in [4.69, 9.17) is 4.74 Å². The molecule has 2 N–H and O–H groups in total. The van der Waals surface area contributed by atoms with Crippen molar-refractivity contribution in [3.05, 3.63) is 62.2 Å². The number of carbonyl (C=O) groups excluding carboxylic acids is 2. The Morgan fingerprint density at radius 2 is 1.82 bits per heavy atom. The molecule has 0 aliphatic carbocycles. The van der Waals surface area contributed by atoms with Gasteiger partial charge in [-0.2, -0.15) is 13.2 Å². The maximum Gasteiger partial charge on any atom is 0.416 e. The summed E-state index contributed by atoms with van der Waals surface area (Å²) >= 11 is 0. The van der Waals surface area contributed by atoms with Gasteiger partial charge in [0, 0.05) is 31.3 Å². The topological polar surface area (TPSA) is 157 Å². The number of alkyl halides is 3. The molecule has 0 atom stereocenters. The van der Waals surface area contributed by atoms with Crippen LogP contribution in [-0.2, 0) is 15.8 Å². The van der Waals surface area contributed by atoms with Crippen LogP contribution in [0.3, 0.4) is 0 Å². The Kier molecular flexibility index (Phi) is 6.84. The van der Waals surface area contributed by atoms with Crippen LogP contribution in [0.2, 0.25) is 0 Å². The molecule has 1 aliphatic heterocycles. The van der Waals surface area contributed by atoms with Crippen LogP contribution in [0.1, 0.15) is 5.56 Å². The number of hydrogen-bond acceptors (Lipinski definition) is 8.